The van der Waals surface area contributed by atoms with E-state index in [9.17, 15) is 9.59 Å². The second-order valence-corrected chi connectivity index (χ2v) is 13.2. The van der Waals surface area contributed by atoms with Gasteiger partial charge < -0.3 is 19.1 Å². The number of thiazole rings is 1. The Kier molecular flexibility index (Phi) is 10.2. The van der Waals surface area contributed by atoms with Crippen molar-refractivity contribution in [3.8, 4) is 17.2 Å². The molecule has 0 aliphatic carbocycles. The molecular weight excluding hydrogens is 681 g/mol. The van der Waals surface area contributed by atoms with Crippen molar-refractivity contribution in [2.45, 2.75) is 33.4 Å². The molecule has 0 N–H and O–H groups in total. The lowest BCUT2D eigenvalue weighted by molar-refractivity contribution is -0.127. The maximum absolute atomic E-state index is 14.5. The van der Waals surface area contributed by atoms with Crippen molar-refractivity contribution in [1.29, 1.82) is 0 Å². The van der Waals surface area contributed by atoms with Gasteiger partial charge in [0, 0.05) is 34.3 Å². The summed E-state index contributed by atoms with van der Waals surface area (Å²) >= 11 is 13.6. The zero-order chi connectivity index (χ0) is 34.8. The van der Waals surface area contributed by atoms with Crippen molar-refractivity contribution >= 4 is 57.3 Å². The Morgan fingerprint density at radius 3 is 2.41 bits per heavy atom. The molecule has 252 valence electrons. The van der Waals surface area contributed by atoms with Crippen molar-refractivity contribution in [3.05, 3.63) is 130 Å². The predicted octanol–water partition coefficient (Wildman–Crippen LogP) is 7.16. The van der Waals surface area contributed by atoms with Crippen LogP contribution in [0.2, 0.25) is 10.0 Å². The third-order valence-corrected chi connectivity index (χ3v) is 10.2. The van der Waals surface area contributed by atoms with Gasteiger partial charge in [0.15, 0.2) is 16.3 Å². The number of rotatable bonds is 10. The van der Waals surface area contributed by atoms with E-state index in [0.29, 0.717) is 61.0 Å². The highest BCUT2D eigenvalue weighted by Crippen LogP contribution is 2.40. The van der Waals surface area contributed by atoms with Crippen LogP contribution in [0.25, 0.3) is 16.8 Å². The SMILES string of the molecule is CCN(CC)C(=O)C1=C(C)N=c2s/c(=C/c3ccc(OCc4ccc(Cl)cc4Cl)c(OC)c3)c(=O)n2[C@@H]1c1c(OC)ccc2ccccc12. The number of ether oxygens (including phenoxy) is 3. The number of carbonyl (C=O) groups excluding carboxylic acids is 1. The Hall–Kier alpha value is -4.57. The van der Waals surface area contributed by atoms with Gasteiger partial charge in [0.05, 0.1) is 30.0 Å². The molecule has 6 rings (SSSR count). The number of aromatic nitrogens is 1. The average Bonchev–Trinajstić information content (AvgIpc) is 3.40. The Morgan fingerprint density at radius 2 is 1.69 bits per heavy atom. The number of likely N-dealkylation sites (N-methyl/N-ethyl adjacent to an activating group) is 1. The van der Waals surface area contributed by atoms with Gasteiger partial charge in [-0.2, -0.15) is 0 Å². The van der Waals surface area contributed by atoms with E-state index < -0.39 is 6.04 Å². The zero-order valence-electron chi connectivity index (χ0n) is 27.8. The molecular formula is C38H35Cl2N3O5S. The first-order valence-electron chi connectivity index (χ1n) is 15.8. The van der Waals surface area contributed by atoms with Gasteiger partial charge in [-0.15, -0.1) is 0 Å². The summed E-state index contributed by atoms with van der Waals surface area (Å²) in [5.74, 6) is 1.43. The Balaban J connectivity index is 1.48. The molecule has 0 bridgehead atoms. The van der Waals surface area contributed by atoms with Crippen molar-refractivity contribution in [3.63, 3.8) is 0 Å². The first-order chi connectivity index (χ1) is 23.7. The monoisotopic (exact) mass is 715 g/mol. The number of amides is 1. The van der Waals surface area contributed by atoms with Crippen LogP contribution in [0.5, 0.6) is 17.2 Å². The van der Waals surface area contributed by atoms with Crippen LogP contribution < -0.4 is 29.1 Å². The molecule has 2 heterocycles. The lowest BCUT2D eigenvalue weighted by atomic mass is 9.90. The highest BCUT2D eigenvalue weighted by Gasteiger charge is 2.36. The number of methoxy groups -OCH3 is 2. The van der Waals surface area contributed by atoms with E-state index in [2.05, 4.69) is 0 Å². The normalized spacial score (nSPS) is 14.4. The molecule has 0 radical (unpaired) electrons. The first kappa shape index (κ1) is 34.3. The molecule has 49 heavy (non-hydrogen) atoms. The van der Waals surface area contributed by atoms with Crippen molar-refractivity contribution in [2.75, 3.05) is 27.3 Å². The maximum atomic E-state index is 14.5. The third-order valence-electron chi connectivity index (χ3n) is 8.61. The molecule has 1 aliphatic heterocycles. The second kappa shape index (κ2) is 14.5. The molecule has 11 heteroatoms. The molecule has 1 amide bonds. The quantitative estimate of drug-likeness (QED) is 0.153. The number of nitrogens with zero attached hydrogens (tertiary/aromatic N) is 3. The highest BCUT2D eigenvalue weighted by atomic mass is 35.5. The number of hydrogen-bond acceptors (Lipinski definition) is 7. The molecule has 0 fully saturated rings. The number of allylic oxidation sites excluding steroid dienone is 1. The van der Waals surface area contributed by atoms with Gasteiger partial charge in [-0.1, -0.05) is 77.0 Å². The van der Waals surface area contributed by atoms with Gasteiger partial charge in [-0.25, -0.2) is 4.99 Å². The van der Waals surface area contributed by atoms with Crippen LogP contribution in [0.4, 0.5) is 0 Å². The van der Waals surface area contributed by atoms with E-state index >= 15 is 0 Å². The molecule has 0 unspecified atom stereocenters. The predicted molar refractivity (Wildman–Crippen MR) is 196 cm³/mol. The summed E-state index contributed by atoms with van der Waals surface area (Å²) in [6.07, 6.45) is 1.80. The largest absolute Gasteiger partial charge is 0.496 e. The molecule has 8 nitrogen and oxygen atoms in total. The topological polar surface area (TPSA) is 82.4 Å². The van der Waals surface area contributed by atoms with E-state index in [-0.39, 0.29) is 18.1 Å². The van der Waals surface area contributed by atoms with Crippen molar-refractivity contribution in [2.24, 2.45) is 4.99 Å². The van der Waals surface area contributed by atoms with Gasteiger partial charge in [0.25, 0.3) is 11.5 Å². The van der Waals surface area contributed by atoms with E-state index in [0.717, 1.165) is 27.5 Å². The highest BCUT2D eigenvalue weighted by molar-refractivity contribution is 7.07. The fourth-order valence-corrected chi connectivity index (χ4v) is 7.63. The van der Waals surface area contributed by atoms with Gasteiger partial charge in [0.1, 0.15) is 18.4 Å². The lowest BCUT2D eigenvalue weighted by Crippen LogP contribution is -2.43. The number of hydrogen-bond donors (Lipinski definition) is 0. The number of fused-ring (bicyclic) bond motifs is 2. The van der Waals surface area contributed by atoms with Crippen LogP contribution in [0.15, 0.2) is 93.9 Å². The first-order valence-corrected chi connectivity index (χ1v) is 17.4. The van der Waals surface area contributed by atoms with Crippen LogP contribution >= 0.6 is 34.5 Å². The average molecular weight is 717 g/mol. The summed E-state index contributed by atoms with van der Waals surface area (Å²) in [4.78, 5) is 35.8. The molecule has 0 spiro atoms. The van der Waals surface area contributed by atoms with Crippen LogP contribution in [0.3, 0.4) is 0 Å². The third kappa shape index (κ3) is 6.58. The maximum Gasteiger partial charge on any atom is 0.271 e. The molecule has 4 aromatic carbocycles. The summed E-state index contributed by atoms with van der Waals surface area (Å²) < 4.78 is 19.7. The summed E-state index contributed by atoms with van der Waals surface area (Å²) in [7, 11) is 3.16. The minimum absolute atomic E-state index is 0.166. The van der Waals surface area contributed by atoms with Gasteiger partial charge >= 0.3 is 0 Å². The van der Waals surface area contributed by atoms with Crippen molar-refractivity contribution < 1.29 is 19.0 Å². The standard InChI is InChI=1S/C38H35Cl2N3O5S/c1-6-42(7-2)37(45)33-22(3)41-38-43(35(33)34-27-11-9-8-10-24(27)14-17-30(34)46-4)36(44)32(49-38)19-23-12-16-29(31(18-23)47-5)48-21-25-13-15-26(39)20-28(25)40/h8-20,35H,6-7,21H2,1-5H3/b32-19+/t35-/m0/s1. The van der Waals surface area contributed by atoms with Gasteiger partial charge in [-0.3, -0.25) is 14.2 Å². The van der Waals surface area contributed by atoms with Crippen molar-refractivity contribution in [1.82, 2.24) is 9.47 Å². The van der Waals surface area contributed by atoms with E-state index in [1.54, 1.807) is 48.0 Å². The fraction of sp³-hybridized carbons (Fsp3) is 0.237. The molecule has 0 saturated heterocycles. The van der Waals surface area contributed by atoms with E-state index in [1.165, 1.54) is 11.3 Å². The molecule has 1 aliphatic rings. The van der Waals surface area contributed by atoms with Crippen LogP contribution in [0, 0.1) is 0 Å². The summed E-state index contributed by atoms with van der Waals surface area (Å²) in [5, 5.41) is 2.92. The number of halogens is 2. The lowest BCUT2D eigenvalue weighted by Gasteiger charge is -2.30. The minimum atomic E-state index is -0.766. The summed E-state index contributed by atoms with van der Waals surface area (Å²) in [6.45, 7) is 6.97. The van der Waals surface area contributed by atoms with Crippen LogP contribution in [-0.2, 0) is 11.4 Å². The summed E-state index contributed by atoms with van der Waals surface area (Å²) in [5.41, 5.74) is 2.99. The molecule has 0 saturated carbocycles. The van der Waals surface area contributed by atoms with Gasteiger partial charge in [0.2, 0.25) is 0 Å². The molecule has 1 aromatic heterocycles. The molecule has 1 atom stereocenters. The van der Waals surface area contributed by atoms with Crippen LogP contribution in [-0.4, -0.2) is 42.7 Å². The fourth-order valence-electron chi connectivity index (χ4n) is 6.12. The Bertz CT molecular complexity index is 2290. The minimum Gasteiger partial charge on any atom is -0.496 e. The Labute approximate surface area is 298 Å². The smallest absolute Gasteiger partial charge is 0.271 e. The zero-order valence-corrected chi connectivity index (χ0v) is 30.1. The van der Waals surface area contributed by atoms with Gasteiger partial charge in [-0.05, 0) is 73.5 Å². The molecule has 5 aromatic rings. The number of benzene rings is 4. The second-order valence-electron chi connectivity index (χ2n) is 11.4. The van der Waals surface area contributed by atoms with E-state index in [4.69, 9.17) is 42.4 Å². The summed E-state index contributed by atoms with van der Waals surface area (Å²) in [6, 6.07) is 21.7. The van der Waals surface area contributed by atoms with Crippen LogP contribution in [0.1, 0.15) is 43.5 Å². The van der Waals surface area contributed by atoms with E-state index in [1.807, 2.05) is 75.4 Å². The Morgan fingerprint density at radius 1 is 0.959 bits per heavy atom. The number of carbonyl (C=O) groups is 1.